The highest BCUT2D eigenvalue weighted by molar-refractivity contribution is 7.08. The van der Waals surface area contributed by atoms with Crippen molar-refractivity contribution in [2.75, 3.05) is 6.54 Å². The van der Waals surface area contributed by atoms with Crippen molar-refractivity contribution in [2.45, 2.75) is 44.1 Å². The number of phenolic OH excluding ortho intramolecular Hbond substituents is 1. The minimum Gasteiger partial charge on any atom is -0.508 e. The molecule has 1 aromatic carbocycles. The van der Waals surface area contributed by atoms with Gasteiger partial charge in [0.25, 0.3) is 0 Å². The number of rotatable bonds is 5. The van der Waals surface area contributed by atoms with Crippen LogP contribution < -0.4 is 5.32 Å². The number of hydrogen-bond acceptors (Lipinski definition) is 3. The fourth-order valence-electron chi connectivity index (χ4n) is 3.42. The predicted octanol–water partition coefficient (Wildman–Crippen LogP) is 4.45. The first-order chi connectivity index (χ1) is 10.3. The molecular weight excluding hydrogens is 278 g/mol. The van der Waals surface area contributed by atoms with Gasteiger partial charge in [0.05, 0.1) is 0 Å². The summed E-state index contributed by atoms with van der Waals surface area (Å²) >= 11 is 1.81. The molecule has 1 heterocycles. The lowest BCUT2D eigenvalue weighted by atomic mass is 9.70. The maximum atomic E-state index is 9.33. The van der Waals surface area contributed by atoms with Crippen LogP contribution in [0.15, 0.2) is 41.1 Å². The van der Waals surface area contributed by atoms with Crippen molar-refractivity contribution < 1.29 is 5.11 Å². The Bertz CT molecular complexity index is 541. The Hall–Kier alpha value is -1.32. The van der Waals surface area contributed by atoms with Crippen LogP contribution in [0.4, 0.5) is 0 Å². The molecule has 0 saturated heterocycles. The van der Waals surface area contributed by atoms with Crippen molar-refractivity contribution in [3.63, 3.8) is 0 Å². The number of phenols is 1. The summed E-state index contributed by atoms with van der Waals surface area (Å²) in [6.07, 6.45) is 6.66. The molecular formula is C18H23NOS. The van der Waals surface area contributed by atoms with E-state index in [0.29, 0.717) is 11.2 Å². The zero-order valence-corrected chi connectivity index (χ0v) is 13.2. The minimum atomic E-state index is 0.329. The number of hydrogen-bond donors (Lipinski definition) is 2. The van der Waals surface area contributed by atoms with E-state index in [1.165, 1.54) is 43.2 Å². The van der Waals surface area contributed by atoms with Gasteiger partial charge in [-0.3, -0.25) is 0 Å². The number of nitrogens with one attached hydrogen (secondary N) is 1. The van der Waals surface area contributed by atoms with Crippen LogP contribution in [0.25, 0.3) is 0 Å². The van der Waals surface area contributed by atoms with E-state index >= 15 is 0 Å². The van der Waals surface area contributed by atoms with E-state index in [1.807, 2.05) is 23.5 Å². The largest absolute Gasteiger partial charge is 0.508 e. The molecule has 2 aromatic rings. The van der Waals surface area contributed by atoms with Gasteiger partial charge in [-0.15, -0.1) is 0 Å². The number of thiophene rings is 1. The lowest BCUT2D eigenvalue weighted by Crippen LogP contribution is -2.39. The van der Waals surface area contributed by atoms with Gasteiger partial charge in [-0.25, -0.2) is 0 Å². The van der Waals surface area contributed by atoms with E-state index in [9.17, 15) is 5.11 Å². The standard InChI is InChI=1S/C18H23NOS/c20-17-6-4-15(5-7-17)12-19-14-18(9-2-1-3-10-18)16-8-11-21-13-16/h4-8,11,13,19-20H,1-3,9-10,12,14H2. The molecule has 2 nitrogen and oxygen atoms in total. The Labute approximate surface area is 130 Å². The second-order valence-corrected chi connectivity index (χ2v) is 6.90. The van der Waals surface area contributed by atoms with Gasteiger partial charge in [0.1, 0.15) is 5.75 Å². The van der Waals surface area contributed by atoms with E-state index in [1.54, 1.807) is 12.1 Å². The average Bonchev–Trinajstić information content (AvgIpc) is 3.05. The Morgan fingerprint density at radius 3 is 2.48 bits per heavy atom. The summed E-state index contributed by atoms with van der Waals surface area (Å²) in [5.74, 6) is 0.334. The fourth-order valence-corrected chi connectivity index (χ4v) is 4.20. The Kier molecular flexibility index (Phi) is 4.61. The summed E-state index contributed by atoms with van der Waals surface area (Å²) in [5, 5.41) is 17.5. The first-order valence-electron chi connectivity index (χ1n) is 7.80. The number of benzene rings is 1. The molecule has 0 spiro atoms. The molecule has 0 atom stereocenters. The van der Waals surface area contributed by atoms with Gasteiger partial charge in [-0.2, -0.15) is 11.3 Å². The van der Waals surface area contributed by atoms with Crippen LogP contribution in [-0.2, 0) is 12.0 Å². The highest BCUT2D eigenvalue weighted by atomic mass is 32.1. The normalized spacial score (nSPS) is 17.7. The zero-order valence-electron chi connectivity index (χ0n) is 12.3. The van der Waals surface area contributed by atoms with E-state index < -0.39 is 0 Å². The van der Waals surface area contributed by atoms with Gasteiger partial charge in [0, 0.05) is 18.5 Å². The Balaban J connectivity index is 1.64. The third-order valence-corrected chi connectivity index (χ3v) is 5.36. The maximum absolute atomic E-state index is 9.33. The molecule has 1 aliphatic rings. The first kappa shape index (κ1) is 14.6. The average molecular weight is 301 g/mol. The highest BCUT2D eigenvalue weighted by Gasteiger charge is 2.33. The van der Waals surface area contributed by atoms with Crippen molar-refractivity contribution in [2.24, 2.45) is 0 Å². The van der Waals surface area contributed by atoms with Gasteiger partial charge < -0.3 is 10.4 Å². The van der Waals surface area contributed by atoms with Gasteiger partial charge in [0.2, 0.25) is 0 Å². The third-order valence-electron chi connectivity index (χ3n) is 4.67. The smallest absolute Gasteiger partial charge is 0.115 e. The van der Waals surface area contributed by atoms with Crippen LogP contribution in [0.1, 0.15) is 43.2 Å². The van der Waals surface area contributed by atoms with Gasteiger partial charge in [0.15, 0.2) is 0 Å². The van der Waals surface area contributed by atoms with Crippen molar-refractivity contribution in [3.8, 4) is 5.75 Å². The molecule has 1 fully saturated rings. The highest BCUT2D eigenvalue weighted by Crippen LogP contribution is 2.39. The SMILES string of the molecule is Oc1ccc(CNCC2(c3ccsc3)CCCCC2)cc1. The molecule has 0 radical (unpaired) electrons. The second kappa shape index (κ2) is 6.63. The molecule has 3 rings (SSSR count). The molecule has 0 bridgehead atoms. The van der Waals surface area contributed by atoms with Crippen LogP contribution >= 0.6 is 11.3 Å². The van der Waals surface area contributed by atoms with Crippen LogP contribution in [-0.4, -0.2) is 11.7 Å². The summed E-state index contributed by atoms with van der Waals surface area (Å²) in [6, 6.07) is 9.79. The lowest BCUT2D eigenvalue weighted by Gasteiger charge is -2.37. The second-order valence-electron chi connectivity index (χ2n) is 6.12. The summed E-state index contributed by atoms with van der Waals surface area (Å²) in [4.78, 5) is 0. The molecule has 1 aliphatic carbocycles. The fraction of sp³-hybridized carbons (Fsp3) is 0.444. The van der Waals surface area contributed by atoms with E-state index in [4.69, 9.17) is 0 Å². The van der Waals surface area contributed by atoms with Gasteiger partial charge in [-0.1, -0.05) is 31.4 Å². The lowest BCUT2D eigenvalue weighted by molar-refractivity contribution is 0.280. The summed E-state index contributed by atoms with van der Waals surface area (Å²) in [6.45, 7) is 1.91. The van der Waals surface area contributed by atoms with Crippen molar-refractivity contribution in [1.29, 1.82) is 0 Å². The van der Waals surface area contributed by atoms with Crippen LogP contribution in [0.3, 0.4) is 0 Å². The van der Waals surface area contributed by atoms with Gasteiger partial charge in [-0.05, 0) is 52.9 Å². The van der Waals surface area contributed by atoms with Crippen molar-refractivity contribution in [1.82, 2.24) is 5.32 Å². The molecule has 2 N–H and O–H groups in total. The van der Waals surface area contributed by atoms with Gasteiger partial charge >= 0.3 is 0 Å². The third kappa shape index (κ3) is 3.47. The molecule has 1 saturated carbocycles. The molecule has 1 aromatic heterocycles. The molecule has 3 heteroatoms. The van der Waals surface area contributed by atoms with E-state index in [0.717, 1.165) is 13.1 Å². The summed E-state index contributed by atoms with van der Waals surface area (Å²) < 4.78 is 0. The van der Waals surface area contributed by atoms with Crippen LogP contribution in [0.2, 0.25) is 0 Å². The molecule has 0 amide bonds. The summed E-state index contributed by atoms with van der Waals surface area (Å²) in [7, 11) is 0. The molecule has 21 heavy (non-hydrogen) atoms. The molecule has 0 unspecified atom stereocenters. The minimum absolute atomic E-state index is 0.329. The van der Waals surface area contributed by atoms with E-state index in [-0.39, 0.29) is 0 Å². The van der Waals surface area contributed by atoms with Crippen LogP contribution in [0.5, 0.6) is 5.75 Å². The van der Waals surface area contributed by atoms with Crippen molar-refractivity contribution >= 4 is 11.3 Å². The predicted molar refractivity (Wildman–Crippen MR) is 88.9 cm³/mol. The number of aromatic hydroxyl groups is 1. The van der Waals surface area contributed by atoms with Crippen molar-refractivity contribution in [3.05, 3.63) is 52.2 Å². The first-order valence-corrected chi connectivity index (χ1v) is 8.74. The zero-order chi connectivity index (χ0) is 14.5. The van der Waals surface area contributed by atoms with Crippen LogP contribution in [0, 0.1) is 0 Å². The Morgan fingerprint density at radius 2 is 1.81 bits per heavy atom. The summed E-state index contributed by atoms with van der Waals surface area (Å²) in [5.41, 5.74) is 3.07. The van der Waals surface area contributed by atoms with E-state index in [2.05, 4.69) is 22.1 Å². The molecule has 0 aliphatic heterocycles. The topological polar surface area (TPSA) is 32.3 Å². The molecule has 112 valence electrons. The monoisotopic (exact) mass is 301 g/mol. The Morgan fingerprint density at radius 1 is 1.05 bits per heavy atom. The maximum Gasteiger partial charge on any atom is 0.115 e. The quantitative estimate of drug-likeness (QED) is 0.855.